The molecule has 0 amide bonds. The van der Waals surface area contributed by atoms with Crippen LogP contribution in [0.5, 0.6) is 0 Å². The van der Waals surface area contributed by atoms with Gasteiger partial charge in [-0.15, -0.1) is 0 Å². The number of carboxylic acids is 2. The van der Waals surface area contributed by atoms with Crippen LogP contribution in [0.4, 0.5) is 0 Å². The van der Waals surface area contributed by atoms with Crippen LogP contribution in [-0.4, -0.2) is 11.9 Å². The number of carbonyl (C=O) groups is 2. The number of hydrogen-bond donors (Lipinski definition) is 0. The lowest BCUT2D eigenvalue weighted by molar-refractivity contribution is -0.259. The largest absolute Gasteiger partial charge is 0.545 e. The number of benzene rings is 1. The van der Waals surface area contributed by atoms with E-state index in [4.69, 9.17) is 0 Å². The van der Waals surface area contributed by atoms with Crippen molar-refractivity contribution in [3.63, 3.8) is 0 Å². The third-order valence-electron chi connectivity index (χ3n) is 4.43. The normalized spacial score (nSPS) is 10.8. The van der Waals surface area contributed by atoms with Crippen LogP contribution >= 0.6 is 0 Å². The van der Waals surface area contributed by atoms with E-state index in [0.29, 0.717) is 12.0 Å². The predicted molar refractivity (Wildman–Crippen MR) is 90.9 cm³/mol. The van der Waals surface area contributed by atoms with Crippen molar-refractivity contribution >= 4 is 11.9 Å². The molecule has 0 aromatic heterocycles. The second-order valence-corrected chi connectivity index (χ2v) is 6.30. The van der Waals surface area contributed by atoms with Gasteiger partial charge in [0.05, 0.1) is 11.9 Å². The molecule has 0 aliphatic rings. The SMILES string of the molecule is CCCCc1cc(C(=O)[O-])c(C(=O)[O-])c(CCCC)c1CCCC. The Morgan fingerprint density at radius 2 is 1.29 bits per heavy atom. The van der Waals surface area contributed by atoms with Crippen molar-refractivity contribution < 1.29 is 19.8 Å². The minimum atomic E-state index is -1.44. The summed E-state index contributed by atoms with van der Waals surface area (Å²) in [5.41, 5.74) is 2.23. The molecule has 4 nitrogen and oxygen atoms in total. The highest BCUT2D eigenvalue weighted by Crippen LogP contribution is 2.28. The van der Waals surface area contributed by atoms with E-state index in [1.165, 1.54) is 6.07 Å². The van der Waals surface area contributed by atoms with E-state index >= 15 is 0 Å². The van der Waals surface area contributed by atoms with Crippen molar-refractivity contribution in [2.24, 2.45) is 0 Å². The number of rotatable bonds is 11. The zero-order chi connectivity index (χ0) is 18.1. The third kappa shape index (κ3) is 5.08. The van der Waals surface area contributed by atoms with E-state index in [1.54, 1.807) is 0 Å². The molecule has 0 saturated carbocycles. The molecular formula is C20H28O4-2. The third-order valence-corrected chi connectivity index (χ3v) is 4.43. The van der Waals surface area contributed by atoms with E-state index < -0.39 is 11.9 Å². The Balaban J connectivity index is 3.59. The van der Waals surface area contributed by atoms with Crippen LogP contribution in [-0.2, 0) is 19.3 Å². The zero-order valence-electron chi connectivity index (χ0n) is 15.1. The first kappa shape index (κ1) is 20.2. The van der Waals surface area contributed by atoms with Gasteiger partial charge in [-0.2, -0.15) is 0 Å². The van der Waals surface area contributed by atoms with E-state index in [1.807, 2.05) is 6.92 Å². The van der Waals surface area contributed by atoms with Crippen LogP contribution in [0.15, 0.2) is 6.07 Å². The monoisotopic (exact) mass is 332 g/mol. The van der Waals surface area contributed by atoms with Gasteiger partial charge in [0.25, 0.3) is 0 Å². The van der Waals surface area contributed by atoms with Gasteiger partial charge in [0.2, 0.25) is 0 Å². The summed E-state index contributed by atoms with van der Waals surface area (Å²) in [5, 5.41) is 23.2. The molecule has 0 radical (unpaired) electrons. The van der Waals surface area contributed by atoms with E-state index in [0.717, 1.165) is 62.5 Å². The summed E-state index contributed by atoms with van der Waals surface area (Å²) in [5.74, 6) is -2.85. The molecule has 0 aliphatic heterocycles. The number of carbonyl (C=O) groups excluding carboxylic acids is 2. The van der Waals surface area contributed by atoms with E-state index in [9.17, 15) is 19.8 Å². The molecule has 0 saturated heterocycles. The van der Waals surface area contributed by atoms with Crippen LogP contribution < -0.4 is 10.2 Å². The summed E-state index contributed by atoms with van der Waals surface area (Å²) in [6.45, 7) is 6.20. The van der Waals surface area contributed by atoms with Crippen molar-refractivity contribution in [2.45, 2.75) is 78.6 Å². The number of carboxylic acid groups (broad SMARTS) is 2. The highest BCUT2D eigenvalue weighted by Gasteiger charge is 2.18. The maximum atomic E-state index is 11.7. The second kappa shape index (κ2) is 10.1. The maximum absolute atomic E-state index is 11.7. The van der Waals surface area contributed by atoms with Crippen LogP contribution in [0, 0.1) is 0 Å². The Kier molecular flexibility index (Phi) is 8.51. The predicted octanol–water partition coefficient (Wildman–Crippen LogP) is 2.44. The molecule has 24 heavy (non-hydrogen) atoms. The molecule has 0 unspecified atom stereocenters. The minimum Gasteiger partial charge on any atom is -0.545 e. The van der Waals surface area contributed by atoms with Crippen molar-refractivity contribution in [3.05, 3.63) is 33.9 Å². The molecule has 1 aromatic carbocycles. The topological polar surface area (TPSA) is 80.3 Å². The maximum Gasteiger partial charge on any atom is 0.0724 e. The summed E-state index contributed by atoms with van der Waals surface area (Å²) in [7, 11) is 0. The van der Waals surface area contributed by atoms with Crippen molar-refractivity contribution in [1.82, 2.24) is 0 Å². The fourth-order valence-electron chi connectivity index (χ4n) is 3.12. The second-order valence-electron chi connectivity index (χ2n) is 6.30. The number of unbranched alkanes of at least 4 members (excludes halogenated alkanes) is 3. The first-order valence-corrected chi connectivity index (χ1v) is 9.08. The first-order valence-electron chi connectivity index (χ1n) is 9.08. The Hall–Kier alpha value is -1.84. The van der Waals surface area contributed by atoms with Gasteiger partial charge in [0, 0.05) is 11.1 Å². The molecule has 1 aromatic rings. The summed E-state index contributed by atoms with van der Waals surface area (Å²) in [4.78, 5) is 23.2. The van der Waals surface area contributed by atoms with Gasteiger partial charge in [0.15, 0.2) is 0 Å². The van der Waals surface area contributed by atoms with Crippen molar-refractivity contribution in [2.75, 3.05) is 0 Å². The molecule has 0 heterocycles. The zero-order valence-corrected chi connectivity index (χ0v) is 15.1. The van der Waals surface area contributed by atoms with Gasteiger partial charge in [-0.25, -0.2) is 0 Å². The van der Waals surface area contributed by atoms with Gasteiger partial charge in [-0.05, 0) is 61.3 Å². The number of hydrogen-bond acceptors (Lipinski definition) is 4. The van der Waals surface area contributed by atoms with Crippen LogP contribution in [0.2, 0.25) is 0 Å². The fourth-order valence-corrected chi connectivity index (χ4v) is 3.12. The molecule has 1 rings (SSSR count). The summed E-state index contributed by atoms with van der Waals surface area (Å²) in [6.07, 6.45) is 7.76. The van der Waals surface area contributed by atoms with Gasteiger partial charge in [-0.1, -0.05) is 40.0 Å². The Morgan fingerprint density at radius 1 is 0.792 bits per heavy atom. The van der Waals surface area contributed by atoms with Gasteiger partial charge >= 0.3 is 0 Å². The summed E-state index contributed by atoms with van der Waals surface area (Å²) in [6, 6.07) is 1.51. The molecule has 0 spiro atoms. The quantitative estimate of drug-likeness (QED) is 0.623. The fraction of sp³-hybridized carbons (Fsp3) is 0.600. The molecule has 0 bridgehead atoms. The van der Waals surface area contributed by atoms with Crippen molar-refractivity contribution in [3.8, 4) is 0 Å². The molecule has 0 atom stereocenters. The smallest absolute Gasteiger partial charge is 0.0724 e. The van der Waals surface area contributed by atoms with Gasteiger partial charge in [0.1, 0.15) is 0 Å². The van der Waals surface area contributed by atoms with Crippen molar-refractivity contribution in [1.29, 1.82) is 0 Å². The average Bonchev–Trinajstić information content (AvgIpc) is 2.55. The molecule has 4 heteroatoms. The van der Waals surface area contributed by atoms with Crippen LogP contribution in [0.3, 0.4) is 0 Å². The van der Waals surface area contributed by atoms with E-state index in [-0.39, 0.29) is 11.1 Å². The lowest BCUT2D eigenvalue weighted by atomic mass is 9.85. The minimum absolute atomic E-state index is 0.171. The van der Waals surface area contributed by atoms with Gasteiger partial charge in [-0.3, -0.25) is 0 Å². The summed E-state index contributed by atoms with van der Waals surface area (Å²) >= 11 is 0. The molecule has 0 fully saturated rings. The summed E-state index contributed by atoms with van der Waals surface area (Å²) < 4.78 is 0. The van der Waals surface area contributed by atoms with Crippen LogP contribution in [0.25, 0.3) is 0 Å². The molecular weight excluding hydrogens is 304 g/mol. The van der Waals surface area contributed by atoms with Crippen LogP contribution in [0.1, 0.15) is 96.7 Å². The van der Waals surface area contributed by atoms with Gasteiger partial charge < -0.3 is 19.8 Å². The number of aromatic carboxylic acids is 2. The number of aryl methyl sites for hydroxylation is 1. The standard InChI is InChI=1S/C20H30O4/c1-4-7-10-14-13-17(19(21)22)18(20(23)24)16(12-9-6-3)15(14)11-8-5-2/h13H,4-12H2,1-3H3,(H,21,22)(H,23,24)/p-2. The molecule has 0 N–H and O–H groups in total. The Morgan fingerprint density at radius 3 is 1.75 bits per heavy atom. The Labute approximate surface area is 144 Å². The average molecular weight is 332 g/mol. The lowest BCUT2D eigenvalue weighted by Crippen LogP contribution is -2.32. The lowest BCUT2D eigenvalue weighted by Gasteiger charge is -2.24. The first-order chi connectivity index (χ1) is 11.5. The highest BCUT2D eigenvalue weighted by atomic mass is 16.4. The highest BCUT2D eigenvalue weighted by molar-refractivity contribution is 6.01. The van der Waals surface area contributed by atoms with E-state index in [2.05, 4.69) is 13.8 Å². The Bertz CT molecular complexity index is 575. The molecule has 0 aliphatic carbocycles. The molecule has 134 valence electrons.